The lowest BCUT2D eigenvalue weighted by molar-refractivity contribution is -0.127. The highest BCUT2D eigenvalue weighted by Gasteiger charge is 2.13. The number of amides is 1. The quantitative estimate of drug-likeness (QED) is 0.576. The number of furan rings is 1. The van der Waals surface area contributed by atoms with Crippen LogP contribution in [0.25, 0.3) is 0 Å². The largest absolute Gasteiger partial charge is 0.464 e. The number of aryl methyl sites for hydroxylation is 1. The Labute approximate surface area is 164 Å². The molecular weight excluding hydrogens is 392 g/mol. The minimum atomic E-state index is 0.00334. The van der Waals surface area contributed by atoms with Crippen molar-refractivity contribution in [2.75, 3.05) is 18.1 Å². The van der Waals surface area contributed by atoms with E-state index in [0.29, 0.717) is 22.5 Å². The molecule has 2 heterocycles. The van der Waals surface area contributed by atoms with Crippen LogP contribution in [0.1, 0.15) is 11.5 Å². The maximum atomic E-state index is 12.3. The van der Waals surface area contributed by atoms with Crippen molar-refractivity contribution in [1.29, 1.82) is 0 Å². The fourth-order valence-electron chi connectivity index (χ4n) is 2.13. The van der Waals surface area contributed by atoms with Crippen molar-refractivity contribution in [3.05, 3.63) is 52.9 Å². The summed E-state index contributed by atoms with van der Waals surface area (Å²) < 4.78 is 6.22. The fourth-order valence-corrected chi connectivity index (χ4v) is 4.04. The Kier molecular flexibility index (Phi) is 6.18. The number of anilines is 2. The zero-order valence-corrected chi connectivity index (χ0v) is 16.6. The van der Waals surface area contributed by atoms with Crippen molar-refractivity contribution in [3.63, 3.8) is 0 Å². The van der Waals surface area contributed by atoms with E-state index in [-0.39, 0.29) is 5.91 Å². The van der Waals surface area contributed by atoms with Gasteiger partial charge in [0.05, 0.1) is 12.3 Å². The van der Waals surface area contributed by atoms with Crippen LogP contribution < -0.4 is 5.32 Å². The Morgan fingerprint density at radius 1 is 1.35 bits per heavy atom. The number of benzene rings is 1. The predicted molar refractivity (Wildman–Crippen MR) is 105 cm³/mol. The highest BCUT2D eigenvalue weighted by atomic mass is 35.5. The molecule has 0 saturated heterocycles. The summed E-state index contributed by atoms with van der Waals surface area (Å²) in [6, 6.07) is 11.1. The molecule has 0 spiro atoms. The van der Waals surface area contributed by atoms with Gasteiger partial charge in [-0.05, 0) is 37.3 Å². The van der Waals surface area contributed by atoms with E-state index in [9.17, 15) is 4.79 Å². The van der Waals surface area contributed by atoms with Crippen molar-refractivity contribution in [1.82, 2.24) is 15.1 Å². The number of hydrogen-bond donors (Lipinski definition) is 1. The Morgan fingerprint density at radius 2 is 2.19 bits per heavy atom. The minimum Gasteiger partial charge on any atom is -0.464 e. The zero-order chi connectivity index (χ0) is 18.5. The summed E-state index contributed by atoms with van der Waals surface area (Å²) in [5.74, 6) is 1.90. The molecular formula is C17H17ClN4O2S2. The van der Waals surface area contributed by atoms with Crippen LogP contribution in [0.4, 0.5) is 10.8 Å². The lowest BCUT2D eigenvalue weighted by atomic mass is 10.3. The first-order valence-electron chi connectivity index (χ1n) is 7.78. The second-order valence-electron chi connectivity index (χ2n) is 5.56. The number of nitrogens with zero attached hydrogens (tertiary/aromatic N) is 3. The van der Waals surface area contributed by atoms with E-state index in [2.05, 4.69) is 15.5 Å². The standard InChI is InChI=1S/C17H17ClN4O2S2/c1-11-6-7-14(24-11)9-22(2)15(23)10-25-17-21-20-16(26-17)19-13-5-3-4-12(18)8-13/h3-8H,9-10H2,1-2H3,(H,19,20). The molecule has 0 atom stereocenters. The molecule has 0 aliphatic rings. The average Bonchev–Trinajstić information content (AvgIpc) is 3.21. The monoisotopic (exact) mass is 408 g/mol. The maximum Gasteiger partial charge on any atom is 0.233 e. The van der Waals surface area contributed by atoms with Gasteiger partial charge in [0.2, 0.25) is 11.0 Å². The van der Waals surface area contributed by atoms with Gasteiger partial charge in [-0.15, -0.1) is 10.2 Å². The zero-order valence-electron chi connectivity index (χ0n) is 14.2. The van der Waals surface area contributed by atoms with Gasteiger partial charge >= 0.3 is 0 Å². The van der Waals surface area contributed by atoms with Gasteiger partial charge in [0.1, 0.15) is 11.5 Å². The van der Waals surface area contributed by atoms with Crippen LogP contribution in [0.2, 0.25) is 5.02 Å². The van der Waals surface area contributed by atoms with Crippen LogP contribution in [0, 0.1) is 6.92 Å². The molecule has 0 radical (unpaired) electrons. The van der Waals surface area contributed by atoms with Gasteiger partial charge in [0.15, 0.2) is 4.34 Å². The smallest absolute Gasteiger partial charge is 0.233 e. The number of aromatic nitrogens is 2. The normalized spacial score (nSPS) is 10.7. The molecule has 1 amide bonds. The SMILES string of the molecule is Cc1ccc(CN(C)C(=O)CSc2nnc(Nc3cccc(Cl)c3)s2)o1. The van der Waals surface area contributed by atoms with Gasteiger partial charge < -0.3 is 14.6 Å². The molecule has 2 aromatic heterocycles. The number of hydrogen-bond acceptors (Lipinski definition) is 7. The van der Waals surface area contributed by atoms with E-state index >= 15 is 0 Å². The summed E-state index contributed by atoms with van der Waals surface area (Å²) in [7, 11) is 1.76. The Balaban J connectivity index is 1.50. The maximum absolute atomic E-state index is 12.3. The Morgan fingerprint density at radius 3 is 2.92 bits per heavy atom. The summed E-state index contributed by atoms with van der Waals surface area (Å²) in [6.07, 6.45) is 0. The first-order chi connectivity index (χ1) is 12.5. The van der Waals surface area contributed by atoms with E-state index in [1.807, 2.05) is 37.3 Å². The lowest BCUT2D eigenvalue weighted by Gasteiger charge is -2.14. The van der Waals surface area contributed by atoms with Crippen LogP contribution in [0.15, 0.2) is 45.2 Å². The molecule has 0 aliphatic heterocycles. The summed E-state index contributed by atoms with van der Waals surface area (Å²) in [6.45, 7) is 2.33. The van der Waals surface area contributed by atoms with Gasteiger partial charge in [0.25, 0.3) is 0 Å². The van der Waals surface area contributed by atoms with Gasteiger partial charge in [0, 0.05) is 17.8 Å². The molecule has 3 rings (SSSR count). The molecule has 1 N–H and O–H groups in total. The fraction of sp³-hybridized carbons (Fsp3) is 0.235. The molecule has 136 valence electrons. The number of thioether (sulfide) groups is 1. The molecule has 3 aromatic rings. The van der Waals surface area contributed by atoms with Crippen molar-refractivity contribution in [2.45, 2.75) is 17.8 Å². The van der Waals surface area contributed by atoms with E-state index < -0.39 is 0 Å². The first-order valence-corrected chi connectivity index (χ1v) is 9.96. The van der Waals surface area contributed by atoms with Gasteiger partial charge in [-0.25, -0.2) is 0 Å². The molecule has 0 bridgehead atoms. The van der Waals surface area contributed by atoms with Gasteiger partial charge in [-0.1, -0.05) is 40.8 Å². The minimum absolute atomic E-state index is 0.00334. The number of rotatable bonds is 7. The number of halogens is 1. The third-order valence-electron chi connectivity index (χ3n) is 3.42. The first kappa shape index (κ1) is 18.8. The average molecular weight is 409 g/mol. The predicted octanol–water partition coefficient (Wildman–Crippen LogP) is 4.59. The van der Waals surface area contributed by atoms with Crippen LogP contribution in [0.5, 0.6) is 0 Å². The molecule has 26 heavy (non-hydrogen) atoms. The Bertz CT molecular complexity index is 896. The summed E-state index contributed by atoms with van der Waals surface area (Å²) in [5, 5.41) is 12.6. The van der Waals surface area contributed by atoms with E-state index in [0.717, 1.165) is 21.5 Å². The number of nitrogens with one attached hydrogen (secondary N) is 1. The van der Waals surface area contributed by atoms with Crippen molar-refractivity contribution in [3.8, 4) is 0 Å². The van der Waals surface area contributed by atoms with Crippen molar-refractivity contribution >= 4 is 51.4 Å². The lowest BCUT2D eigenvalue weighted by Crippen LogP contribution is -2.27. The number of carbonyl (C=O) groups is 1. The van der Waals surface area contributed by atoms with Crippen molar-refractivity contribution in [2.24, 2.45) is 0 Å². The van der Waals surface area contributed by atoms with Crippen molar-refractivity contribution < 1.29 is 9.21 Å². The molecule has 0 saturated carbocycles. The Hall–Kier alpha value is -2.03. The highest BCUT2D eigenvalue weighted by molar-refractivity contribution is 8.01. The van der Waals surface area contributed by atoms with Crippen LogP contribution >= 0.6 is 34.7 Å². The molecule has 0 unspecified atom stereocenters. The molecule has 0 aliphatic carbocycles. The summed E-state index contributed by atoms with van der Waals surface area (Å²) in [5.41, 5.74) is 0.842. The summed E-state index contributed by atoms with van der Waals surface area (Å²) >= 11 is 8.72. The molecule has 6 nitrogen and oxygen atoms in total. The van der Waals surface area contributed by atoms with Crippen LogP contribution in [-0.4, -0.2) is 33.8 Å². The van der Waals surface area contributed by atoms with E-state index in [4.69, 9.17) is 16.0 Å². The summed E-state index contributed by atoms with van der Waals surface area (Å²) in [4.78, 5) is 13.9. The van der Waals surface area contributed by atoms with Gasteiger partial charge in [-0.3, -0.25) is 4.79 Å². The topological polar surface area (TPSA) is 71.3 Å². The second-order valence-corrected chi connectivity index (χ2v) is 8.20. The highest BCUT2D eigenvalue weighted by Crippen LogP contribution is 2.28. The molecule has 0 fully saturated rings. The molecule has 9 heteroatoms. The second kappa shape index (κ2) is 8.57. The van der Waals surface area contributed by atoms with Crippen LogP contribution in [-0.2, 0) is 11.3 Å². The molecule has 1 aromatic carbocycles. The van der Waals surface area contributed by atoms with E-state index in [1.165, 1.54) is 23.1 Å². The van der Waals surface area contributed by atoms with Gasteiger partial charge in [-0.2, -0.15) is 0 Å². The third kappa shape index (κ3) is 5.23. The number of carbonyl (C=O) groups excluding carboxylic acids is 1. The van der Waals surface area contributed by atoms with Crippen LogP contribution in [0.3, 0.4) is 0 Å². The third-order valence-corrected chi connectivity index (χ3v) is 5.61. The van der Waals surface area contributed by atoms with E-state index in [1.54, 1.807) is 18.0 Å².